The maximum Gasteiger partial charge on any atom is 0.518 e. The third-order valence-corrected chi connectivity index (χ3v) is 5.13. The van der Waals surface area contributed by atoms with Gasteiger partial charge in [-0.25, -0.2) is 9.59 Å². The predicted molar refractivity (Wildman–Crippen MR) is 106 cm³/mol. The number of benzene rings is 2. The minimum Gasteiger partial charge on any atom is -0.497 e. The number of rotatable bonds is 5. The zero-order valence-electron chi connectivity index (χ0n) is 17.1. The van der Waals surface area contributed by atoms with E-state index in [1.807, 2.05) is 12.1 Å². The van der Waals surface area contributed by atoms with Crippen molar-refractivity contribution >= 4 is 28.9 Å². The van der Waals surface area contributed by atoms with Gasteiger partial charge in [-0.15, -0.1) is 0 Å². The summed E-state index contributed by atoms with van der Waals surface area (Å²) in [5.74, 6) is -2.81. The molecule has 1 heterocycles. The molecule has 0 spiro atoms. The van der Waals surface area contributed by atoms with Gasteiger partial charge in [0, 0.05) is 0 Å². The summed E-state index contributed by atoms with van der Waals surface area (Å²) < 4.78 is 19.2. The molecular formula is C21H22O11. The first-order chi connectivity index (χ1) is 15.1. The summed E-state index contributed by atoms with van der Waals surface area (Å²) in [6, 6.07) is 10.6. The van der Waals surface area contributed by atoms with Crippen LogP contribution in [0.4, 0.5) is 4.79 Å². The molecule has 11 nitrogen and oxygen atoms in total. The van der Waals surface area contributed by atoms with E-state index in [4.69, 9.17) is 14.6 Å². The molecule has 32 heavy (non-hydrogen) atoms. The van der Waals surface area contributed by atoms with Crippen LogP contribution in [0.1, 0.15) is 18.4 Å². The van der Waals surface area contributed by atoms with Crippen LogP contribution in [0.3, 0.4) is 0 Å². The van der Waals surface area contributed by atoms with Crippen molar-refractivity contribution in [1.29, 1.82) is 0 Å². The van der Waals surface area contributed by atoms with Crippen LogP contribution in [0.15, 0.2) is 36.4 Å². The van der Waals surface area contributed by atoms with Gasteiger partial charge in [0.2, 0.25) is 6.29 Å². The largest absolute Gasteiger partial charge is 0.518 e. The maximum absolute atomic E-state index is 12.4. The smallest absolute Gasteiger partial charge is 0.497 e. The second-order valence-corrected chi connectivity index (χ2v) is 7.22. The number of hydrogen-bond acceptors (Lipinski definition) is 10. The Kier molecular flexibility index (Phi) is 6.94. The van der Waals surface area contributed by atoms with E-state index in [0.717, 1.165) is 10.8 Å². The van der Waals surface area contributed by atoms with E-state index in [1.54, 1.807) is 31.4 Å². The monoisotopic (exact) mass is 450 g/mol. The Bertz CT molecular complexity index is 1020. The molecule has 0 aliphatic carbocycles. The van der Waals surface area contributed by atoms with Gasteiger partial charge in [0.25, 0.3) is 0 Å². The summed E-state index contributed by atoms with van der Waals surface area (Å²) in [4.78, 5) is 35.5. The minimum atomic E-state index is -1.97. The van der Waals surface area contributed by atoms with Gasteiger partial charge in [0.05, 0.1) is 13.0 Å². The molecule has 0 saturated carbocycles. The van der Waals surface area contributed by atoms with Crippen LogP contribution >= 0.6 is 0 Å². The topological polar surface area (TPSA) is 169 Å². The molecule has 3 rings (SSSR count). The predicted octanol–water partition coefficient (Wildman–Crippen LogP) is 0.524. The fourth-order valence-electron chi connectivity index (χ4n) is 3.21. The number of aliphatic hydroxyl groups is 3. The number of carboxylic acid groups (broad SMARTS) is 1. The standard InChI is InChI=1S/C21H22O11/c1-9(10-3-4-12-8-13(29-2)6-5-11(12)7-10)19(27)31-21(28)32-20-16(24)14(22)15(23)17(30-20)18(25)26/h3-9,14-17,20,22-24H,1-2H3,(H,25,26). The lowest BCUT2D eigenvalue weighted by atomic mass is 9.98. The van der Waals surface area contributed by atoms with Crippen molar-refractivity contribution in [3.8, 4) is 5.75 Å². The Morgan fingerprint density at radius 2 is 1.62 bits per heavy atom. The number of carbonyl (C=O) groups is 3. The first kappa shape index (κ1) is 23.4. The van der Waals surface area contributed by atoms with Gasteiger partial charge in [0.15, 0.2) is 6.10 Å². The Morgan fingerprint density at radius 1 is 0.969 bits per heavy atom. The molecule has 0 radical (unpaired) electrons. The molecule has 0 amide bonds. The number of hydrogen-bond donors (Lipinski definition) is 4. The van der Waals surface area contributed by atoms with Gasteiger partial charge in [0.1, 0.15) is 24.1 Å². The number of carboxylic acids is 1. The van der Waals surface area contributed by atoms with Crippen LogP contribution in [0.25, 0.3) is 10.8 Å². The summed E-state index contributed by atoms with van der Waals surface area (Å²) in [5, 5.41) is 39.9. The Labute approximate surface area is 181 Å². The highest BCUT2D eigenvalue weighted by Gasteiger charge is 2.49. The first-order valence-electron chi connectivity index (χ1n) is 9.55. The quantitative estimate of drug-likeness (QED) is 0.370. The molecule has 1 aliphatic rings. The first-order valence-corrected chi connectivity index (χ1v) is 9.55. The second-order valence-electron chi connectivity index (χ2n) is 7.22. The average Bonchev–Trinajstić information content (AvgIpc) is 2.77. The zero-order chi connectivity index (χ0) is 23.6. The van der Waals surface area contributed by atoms with Crippen molar-refractivity contribution in [3.63, 3.8) is 0 Å². The van der Waals surface area contributed by atoms with E-state index < -0.39 is 54.7 Å². The fraction of sp³-hybridized carbons (Fsp3) is 0.381. The SMILES string of the molecule is COc1ccc2cc(C(C)C(=O)OC(=O)OC3OC(C(=O)O)C(O)C(O)C3O)ccc2c1. The number of carbonyl (C=O) groups excluding carboxylic acids is 2. The van der Waals surface area contributed by atoms with Crippen molar-refractivity contribution in [1.82, 2.24) is 0 Å². The van der Waals surface area contributed by atoms with Gasteiger partial charge in [-0.2, -0.15) is 0 Å². The molecule has 2 aromatic carbocycles. The molecule has 1 aliphatic heterocycles. The van der Waals surface area contributed by atoms with Gasteiger partial charge < -0.3 is 39.4 Å². The van der Waals surface area contributed by atoms with Gasteiger partial charge in [-0.05, 0) is 35.4 Å². The average molecular weight is 450 g/mol. The highest BCUT2D eigenvalue weighted by Crippen LogP contribution is 2.27. The number of aliphatic carboxylic acids is 1. The van der Waals surface area contributed by atoms with Crippen LogP contribution in [0.5, 0.6) is 5.75 Å². The lowest BCUT2D eigenvalue weighted by molar-refractivity contribution is -0.281. The van der Waals surface area contributed by atoms with Crippen LogP contribution in [-0.4, -0.2) is 76.3 Å². The van der Waals surface area contributed by atoms with Gasteiger partial charge >= 0.3 is 18.1 Å². The number of esters is 1. The van der Waals surface area contributed by atoms with Crippen molar-refractivity contribution in [2.45, 2.75) is 43.5 Å². The molecule has 1 fully saturated rings. The Balaban J connectivity index is 1.65. The molecule has 172 valence electrons. The number of aliphatic hydroxyl groups excluding tert-OH is 3. The minimum absolute atomic E-state index is 0.555. The zero-order valence-corrected chi connectivity index (χ0v) is 17.1. The molecule has 11 heteroatoms. The number of fused-ring (bicyclic) bond motifs is 1. The molecule has 6 atom stereocenters. The highest BCUT2D eigenvalue weighted by molar-refractivity contribution is 5.89. The third kappa shape index (κ3) is 4.81. The van der Waals surface area contributed by atoms with E-state index in [9.17, 15) is 29.7 Å². The van der Waals surface area contributed by atoms with Gasteiger partial charge in [-0.1, -0.05) is 24.3 Å². The molecule has 6 unspecified atom stereocenters. The van der Waals surface area contributed by atoms with Crippen molar-refractivity contribution in [2.75, 3.05) is 7.11 Å². The van der Waals surface area contributed by atoms with Gasteiger partial charge in [-0.3, -0.25) is 4.79 Å². The lowest BCUT2D eigenvalue weighted by Crippen LogP contribution is -2.60. The maximum atomic E-state index is 12.4. The molecule has 0 bridgehead atoms. The van der Waals surface area contributed by atoms with E-state index in [0.29, 0.717) is 11.3 Å². The Hall–Kier alpha value is -3.25. The number of methoxy groups -OCH3 is 1. The molecule has 0 aromatic heterocycles. The Morgan fingerprint density at radius 3 is 2.28 bits per heavy atom. The van der Waals surface area contributed by atoms with Crippen molar-refractivity contribution in [2.24, 2.45) is 0 Å². The van der Waals surface area contributed by atoms with E-state index in [1.165, 1.54) is 6.92 Å². The summed E-state index contributed by atoms with van der Waals surface area (Å²) >= 11 is 0. The molecule has 2 aromatic rings. The van der Waals surface area contributed by atoms with Crippen LogP contribution in [0, 0.1) is 0 Å². The third-order valence-electron chi connectivity index (χ3n) is 5.13. The van der Waals surface area contributed by atoms with Crippen LogP contribution in [-0.2, 0) is 23.8 Å². The molecule has 1 saturated heterocycles. The summed E-state index contributed by atoms with van der Waals surface area (Å²) in [6.07, 6.45) is -11.4. The second kappa shape index (κ2) is 9.49. The van der Waals surface area contributed by atoms with Crippen LogP contribution < -0.4 is 4.74 Å². The lowest BCUT2D eigenvalue weighted by Gasteiger charge is -2.37. The van der Waals surface area contributed by atoms with E-state index >= 15 is 0 Å². The normalized spacial score (nSPS) is 26.2. The number of ether oxygens (including phenoxy) is 4. The summed E-state index contributed by atoms with van der Waals surface area (Å²) in [7, 11) is 1.55. The molecular weight excluding hydrogens is 428 g/mol. The van der Waals surface area contributed by atoms with E-state index in [-0.39, 0.29) is 0 Å². The molecule has 4 N–H and O–H groups in total. The van der Waals surface area contributed by atoms with Crippen molar-refractivity contribution < 1.29 is 53.8 Å². The summed E-state index contributed by atoms with van der Waals surface area (Å²) in [6.45, 7) is 1.51. The summed E-state index contributed by atoms with van der Waals surface area (Å²) in [5.41, 5.74) is 0.555. The fourth-order valence-corrected chi connectivity index (χ4v) is 3.21. The van der Waals surface area contributed by atoms with E-state index in [2.05, 4.69) is 9.47 Å². The highest BCUT2D eigenvalue weighted by atomic mass is 16.8. The van der Waals surface area contributed by atoms with Crippen LogP contribution in [0.2, 0.25) is 0 Å². The van der Waals surface area contributed by atoms with Crippen molar-refractivity contribution in [3.05, 3.63) is 42.0 Å².